The summed E-state index contributed by atoms with van der Waals surface area (Å²) in [6.45, 7) is 3.47. The predicted octanol–water partition coefficient (Wildman–Crippen LogP) is 2.90. The maximum Gasteiger partial charge on any atom is 0.328 e. The van der Waals surface area contributed by atoms with Gasteiger partial charge in [-0.05, 0) is 40.0 Å². The summed E-state index contributed by atoms with van der Waals surface area (Å²) in [6.07, 6.45) is 0. The Morgan fingerprint density at radius 3 is 2.48 bits per heavy atom. The zero-order chi connectivity index (χ0) is 16.0. The van der Waals surface area contributed by atoms with E-state index in [0.29, 0.717) is 5.75 Å². The Kier molecular flexibility index (Phi) is 7.17. The van der Waals surface area contributed by atoms with Crippen LogP contribution in [0, 0.1) is 5.92 Å². The molecule has 0 spiro atoms. The van der Waals surface area contributed by atoms with Gasteiger partial charge in [0.2, 0.25) is 0 Å². The molecular formula is C14H17Br2NO4. The number of benzene rings is 1. The monoisotopic (exact) mass is 421 g/mol. The van der Waals surface area contributed by atoms with Gasteiger partial charge >= 0.3 is 5.97 Å². The third kappa shape index (κ3) is 5.67. The first-order valence-corrected chi connectivity index (χ1v) is 7.88. The maximum absolute atomic E-state index is 11.9. The van der Waals surface area contributed by atoms with Gasteiger partial charge in [-0.2, -0.15) is 0 Å². The first-order chi connectivity index (χ1) is 9.85. The second-order valence-corrected chi connectivity index (χ2v) is 6.45. The van der Waals surface area contributed by atoms with Gasteiger partial charge in [-0.1, -0.05) is 29.8 Å². The molecule has 5 nitrogen and oxygen atoms in total. The lowest BCUT2D eigenvalue weighted by atomic mass is 10.0. The minimum Gasteiger partial charge on any atom is -0.483 e. The van der Waals surface area contributed by atoms with E-state index in [1.807, 2.05) is 26.0 Å². The van der Waals surface area contributed by atoms with Gasteiger partial charge in [-0.25, -0.2) is 4.79 Å². The van der Waals surface area contributed by atoms with Crippen molar-refractivity contribution < 1.29 is 19.1 Å². The third-order valence-corrected chi connectivity index (χ3v) is 3.80. The van der Waals surface area contributed by atoms with Crippen molar-refractivity contribution >= 4 is 43.7 Å². The highest BCUT2D eigenvalue weighted by atomic mass is 79.9. The number of hydrogen-bond acceptors (Lipinski definition) is 4. The number of carbonyl (C=O) groups excluding carboxylic acids is 2. The van der Waals surface area contributed by atoms with E-state index in [9.17, 15) is 9.59 Å². The molecule has 1 aromatic rings. The number of nitrogens with one attached hydrogen (secondary N) is 1. The van der Waals surface area contributed by atoms with E-state index in [1.165, 1.54) is 7.11 Å². The van der Waals surface area contributed by atoms with Gasteiger partial charge in [0.15, 0.2) is 6.61 Å². The van der Waals surface area contributed by atoms with Crippen molar-refractivity contribution in [2.45, 2.75) is 19.9 Å². The fourth-order valence-corrected chi connectivity index (χ4v) is 2.74. The van der Waals surface area contributed by atoms with Crippen LogP contribution in [-0.2, 0) is 14.3 Å². The first kappa shape index (κ1) is 18.0. The van der Waals surface area contributed by atoms with Crippen LogP contribution in [0.25, 0.3) is 0 Å². The molecule has 1 N–H and O–H groups in total. The molecule has 0 bridgehead atoms. The summed E-state index contributed by atoms with van der Waals surface area (Å²) in [6, 6.07) is 4.68. The Morgan fingerprint density at radius 2 is 1.95 bits per heavy atom. The van der Waals surface area contributed by atoms with E-state index < -0.39 is 12.0 Å². The molecule has 0 saturated heterocycles. The lowest BCUT2D eigenvalue weighted by Crippen LogP contribution is -2.46. The molecule has 0 aliphatic carbocycles. The van der Waals surface area contributed by atoms with Gasteiger partial charge in [0.1, 0.15) is 11.8 Å². The van der Waals surface area contributed by atoms with E-state index in [2.05, 4.69) is 41.9 Å². The highest BCUT2D eigenvalue weighted by Gasteiger charge is 2.24. The molecule has 0 aliphatic heterocycles. The zero-order valence-corrected chi connectivity index (χ0v) is 15.2. The quantitative estimate of drug-likeness (QED) is 0.716. The number of halogens is 2. The van der Waals surface area contributed by atoms with Crippen molar-refractivity contribution in [3.63, 3.8) is 0 Å². The summed E-state index contributed by atoms with van der Waals surface area (Å²) in [7, 11) is 1.29. The summed E-state index contributed by atoms with van der Waals surface area (Å²) >= 11 is 6.68. The molecule has 0 aliphatic rings. The molecule has 116 valence electrons. The smallest absolute Gasteiger partial charge is 0.328 e. The molecule has 1 atom stereocenters. The van der Waals surface area contributed by atoms with Gasteiger partial charge in [0.25, 0.3) is 5.91 Å². The van der Waals surface area contributed by atoms with Crippen molar-refractivity contribution in [2.75, 3.05) is 13.7 Å². The second kappa shape index (κ2) is 8.38. The van der Waals surface area contributed by atoms with Crippen LogP contribution in [0.15, 0.2) is 27.1 Å². The molecule has 1 aromatic carbocycles. The van der Waals surface area contributed by atoms with E-state index in [-0.39, 0.29) is 18.4 Å². The van der Waals surface area contributed by atoms with Gasteiger partial charge in [-0.3, -0.25) is 4.79 Å². The average Bonchev–Trinajstić information content (AvgIpc) is 2.42. The summed E-state index contributed by atoms with van der Waals surface area (Å²) in [5.41, 5.74) is 0. The molecule has 1 amide bonds. The minimum atomic E-state index is -0.681. The topological polar surface area (TPSA) is 64.6 Å². The Hall–Kier alpha value is -1.08. The Labute approximate surface area is 140 Å². The fraction of sp³-hybridized carbons (Fsp3) is 0.429. The molecular weight excluding hydrogens is 406 g/mol. The van der Waals surface area contributed by atoms with Crippen LogP contribution in [0.4, 0.5) is 0 Å². The minimum absolute atomic E-state index is 0.0687. The van der Waals surface area contributed by atoms with E-state index in [0.717, 1.165) is 8.95 Å². The van der Waals surface area contributed by atoms with Crippen LogP contribution in [0.2, 0.25) is 0 Å². The number of hydrogen-bond donors (Lipinski definition) is 1. The van der Waals surface area contributed by atoms with Gasteiger partial charge in [0, 0.05) is 4.47 Å². The van der Waals surface area contributed by atoms with Crippen molar-refractivity contribution in [3.05, 3.63) is 27.1 Å². The number of rotatable bonds is 6. The first-order valence-electron chi connectivity index (χ1n) is 6.30. The molecule has 1 rings (SSSR count). The van der Waals surface area contributed by atoms with Crippen molar-refractivity contribution in [3.8, 4) is 5.75 Å². The fourth-order valence-electron chi connectivity index (χ4n) is 1.58. The summed E-state index contributed by atoms with van der Waals surface area (Å²) in [5, 5.41) is 2.61. The van der Waals surface area contributed by atoms with Crippen LogP contribution in [-0.4, -0.2) is 31.6 Å². The lowest BCUT2D eigenvalue weighted by Gasteiger charge is -2.19. The number of methoxy groups -OCH3 is 1. The molecule has 0 aromatic heterocycles. The average molecular weight is 423 g/mol. The van der Waals surface area contributed by atoms with Gasteiger partial charge in [0.05, 0.1) is 11.6 Å². The van der Waals surface area contributed by atoms with Crippen LogP contribution >= 0.6 is 31.9 Å². The van der Waals surface area contributed by atoms with Crippen LogP contribution in [0.1, 0.15) is 13.8 Å². The lowest BCUT2D eigenvalue weighted by molar-refractivity contribution is -0.146. The normalized spacial score (nSPS) is 11.9. The van der Waals surface area contributed by atoms with Crippen LogP contribution in [0.5, 0.6) is 5.75 Å². The number of esters is 1. The molecule has 7 heteroatoms. The van der Waals surface area contributed by atoms with Crippen molar-refractivity contribution in [2.24, 2.45) is 5.92 Å². The van der Waals surface area contributed by atoms with Crippen LogP contribution < -0.4 is 10.1 Å². The Balaban J connectivity index is 2.58. The maximum atomic E-state index is 11.9. The summed E-state index contributed by atoms with van der Waals surface area (Å²) in [5.74, 6) is -0.370. The summed E-state index contributed by atoms with van der Waals surface area (Å²) in [4.78, 5) is 23.4. The van der Waals surface area contributed by atoms with E-state index in [4.69, 9.17) is 4.74 Å². The highest BCUT2D eigenvalue weighted by Crippen LogP contribution is 2.28. The highest BCUT2D eigenvalue weighted by molar-refractivity contribution is 9.11. The molecule has 21 heavy (non-hydrogen) atoms. The van der Waals surface area contributed by atoms with Gasteiger partial charge in [-0.15, -0.1) is 0 Å². The predicted molar refractivity (Wildman–Crippen MR) is 86.1 cm³/mol. The standard InChI is InChI=1S/C14H17Br2NO4/c1-8(2)13(14(19)20-3)17-12(18)7-21-11-5-4-9(15)6-10(11)16/h4-6,8,13H,7H2,1-3H3,(H,17,18). The van der Waals surface area contributed by atoms with Crippen LogP contribution in [0.3, 0.4) is 0 Å². The number of ether oxygens (including phenoxy) is 2. The molecule has 0 saturated carbocycles. The molecule has 0 fully saturated rings. The Bertz CT molecular complexity index is 520. The molecule has 0 radical (unpaired) electrons. The van der Waals surface area contributed by atoms with Crippen molar-refractivity contribution in [1.29, 1.82) is 0 Å². The zero-order valence-electron chi connectivity index (χ0n) is 12.0. The molecule has 0 heterocycles. The summed E-state index contributed by atoms with van der Waals surface area (Å²) < 4.78 is 11.7. The number of carbonyl (C=O) groups is 2. The van der Waals surface area contributed by atoms with Gasteiger partial charge < -0.3 is 14.8 Å². The largest absolute Gasteiger partial charge is 0.483 e. The second-order valence-electron chi connectivity index (χ2n) is 4.68. The third-order valence-electron chi connectivity index (χ3n) is 2.69. The SMILES string of the molecule is COC(=O)C(NC(=O)COc1ccc(Br)cc1Br)C(C)C. The van der Waals surface area contributed by atoms with Crippen molar-refractivity contribution in [1.82, 2.24) is 5.32 Å². The number of amides is 1. The van der Waals surface area contributed by atoms with E-state index in [1.54, 1.807) is 6.07 Å². The van der Waals surface area contributed by atoms with E-state index >= 15 is 0 Å². The molecule has 1 unspecified atom stereocenters. The Morgan fingerprint density at radius 1 is 1.29 bits per heavy atom.